The van der Waals surface area contributed by atoms with Crippen LogP contribution in [0.3, 0.4) is 0 Å². The molecule has 116 valence electrons. The predicted molar refractivity (Wildman–Crippen MR) is 63.5 cm³/mol. The molecule has 0 aromatic rings. The summed E-state index contributed by atoms with van der Waals surface area (Å²) in [5.41, 5.74) is 0. The minimum atomic E-state index is -1.46. The number of hydrogen-bond acceptors (Lipinski definition) is 7. The van der Waals surface area contributed by atoms with Crippen molar-refractivity contribution >= 4 is 11.9 Å². The van der Waals surface area contributed by atoms with Crippen molar-refractivity contribution in [3.63, 3.8) is 0 Å². The second-order valence-electron chi connectivity index (χ2n) is 4.55. The van der Waals surface area contributed by atoms with E-state index in [1.807, 2.05) is 0 Å². The van der Waals surface area contributed by atoms with Gasteiger partial charge >= 0.3 is 5.97 Å². The van der Waals surface area contributed by atoms with Gasteiger partial charge in [-0.05, 0) is 6.92 Å². The molecule has 0 aliphatic carbocycles. The Balaban J connectivity index is 2.88. The average Bonchev–Trinajstić information content (AvgIpc) is 2.37. The number of amides is 1. The lowest BCUT2D eigenvalue weighted by Gasteiger charge is -2.42. The molecule has 0 aromatic carbocycles. The van der Waals surface area contributed by atoms with Crippen molar-refractivity contribution < 1.29 is 39.5 Å². The van der Waals surface area contributed by atoms with Crippen molar-refractivity contribution in [3.8, 4) is 0 Å². The Morgan fingerprint density at radius 3 is 2.40 bits per heavy atom. The molecule has 9 nitrogen and oxygen atoms in total. The molecule has 1 fully saturated rings. The van der Waals surface area contributed by atoms with E-state index in [4.69, 9.17) is 19.7 Å². The summed E-state index contributed by atoms with van der Waals surface area (Å²) in [6, 6.07) is -1.15. The number of aliphatic carboxylic acids is 1. The van der Waals surface area contributed by atoms with Gasteiger partial charge < -0.3 is 35.2 Å². The molecule has 5 N–H and O–H groups in total. The summed E-state index contributed by atoms with van der Waals surface area (Å²) in [4.78, 5) is 21.9. The van der Waals surface area contributed by atoms with Gasteiger partial charge in [0, 0.05) is 6.92 Å². The fraction of sp³-hybridized carbons (Fsp3) is 0.818. The number of aliphatic hydroxyl groups excluding tert-OH is 3. The van der Waals surface area contributed by atoms with Gasteiger partial charge in [0.25, 0.3) is 0 Å². The minimum absolute atomic E-state index is 0.510. The Morgan fingerprint density at radius 1 is 1.35 bits per heavy atom. The van der Waals surface area contributed by atoms with Gasteiger partial charge in [0.15, 0.2) is 12.4 Å². The number of hydrogen-bond donors (Lipinski definition) is 5. The Bertz CT molecular complexity index is 362. The van der Waals surface area contributed by atoms with Crippen LogP contribution in [0.5, 0.6) is 0 Å². The lowest BCUT2D eigenvalue weighted by atomic mass is 9.97. The summed E-state index contributed by atoms with van der Waals surface area (Å²) in [5, 5.41) is 39.8. The SMILES string of the molecule is CC(=O)NC1[C@H](O[C@@H](C)C(=O)O)OC(CO)[C@@H](O)[C@@H]1O. The van der Waals surface area contributed by atoms with E-state index in [1.54, 1.807) is 0 Å². The first-order valence-electron chi connectivity index (χ1n) is 6.05. The first-order chi connectivity index (χ1) is 9.27. The van der Waals surface area contributed by atoms with E-state index in [-0.39, 0.29) is 0 Å². The molecule has 2 unspecified atom stereocenters. The quantitative estimate of drug-likeness (QED) is 0.371. The molecule has 1 aliphatic rings. The first-order valence-corrected chi connectivity index (χ1v) is 6.05. The molecular weight excluding hydrogens is 274 g/mol. The van der Waals surface area contributed by atoms with Gasteiger partial charge in [-0.1, -0.05) is 0 Å². The van der Waals surface area contributed by atoms with E-state index in [9.17, 15) is 19.8 Å². The Hall–Kier alpha value is -1.26. The van der Waals surface area contributed by atoms with E-state index in [1.165, 1.54) is 13.8 Å². The molecule has 0 bridgehead atoms. The van der Waals surface area contributed by atoms with Gasteiger partial charge in [0.1, 0.15) is 24.4 Å². The molecule has 1 heterocycles. The van der Waals surface area contributed by atoms with Crippen molar-refractivity contribution in [2.75, 3.05) is 6.61 Å². The van der Waals surface area contributed by atoms with E-state index < -0.39 is 55.2 Å². The Kier molecular flexibility index (Phi) is 5.84. The van der Waals surface area contributed by atoms with Crippen LogP contribution in [0.1, 0.15) is 13.8 Å². The van der Waals surface area contributed by atoms with Crippen LogP contribution in [0.25, 0.3) is 0 Å². The topological polar surface area (TPSA) is 146 Å². The van der Waals surface area contributed by atoms with Gasteiger partial charge in [-0.2, -0.15) is 0 Å². The number of nitrogens with one attached hydrogen (secondary N) is 1. The smallest absolute Gasteiger partial charge is 0.332 e. The van der Waals surface area contributed by atoms with E-state index in [0.717, 1.165) is 0 Å². The summed E-state index contributed by atoms with van der Waals surface area (Å²) >= 11 is 0. The van der Waals surface area contributed by atoms with Crippen molar-refractivity contribution in [2.24, 2.45) is 0 Å². The van der Waals surface area contributed by atoms with Crippen LogP contribution in [0.2, 0.25) is 0 Å². The third kappa shape index (κ3) is 3.87. The maximum Gasteiger partial charge on any atom is 0.332 e. The highest BCUT2D eigenvalue weighted by molar-refractivity contribution is 5.73. The van der Waals surface area contributed by atoms with Crippen LogP contribution >= 0.6 is 0 Å². The molecule has 1 amide bonds. The van der Waals surface area contributed by atoms with Gasteiger partial charge in [0.05, 0.1) is 6.61 Å². The number of aliphatic hydroxyl groups is 3. The number of carbonyl (C=O) groups excluding carboxylic acids is 1. The second kappa shape index (κ2) is 6.95. The fourth-order valence-electron chi connectivity index (χ4n) is 1.85. The Morgan fingerprint density at radius 2 is 1.95 bits per heavy atom. The van der Waals surface area contributed by atoms with Crippen molar-refractivity contribution in [3.05, 3.63) is 0 Å². The summed E-state index contributed by atoms with van der Waals surface area (Å²) in [7, 11) is 0. The number of ether oxygens (including phenoxy) is 2. The van der Waals surface area contributed by atoms with Crippen LogP contribution in [0, 0.1) is 0 Å². The van der Waals surface area contributed by atoms with E-state index >= 15 is 0 Å². The van der Waals surface area contributed by atoms with Gasteiger partial charge in [0.2, 0.25) is 5.91 Å². The maximum atomic E-state index is 11.1. The highest BCUT2D eigenvalue weighted by Gasteiger charge is 2.46. The minimum Gasteiger partial charge on any atom is -0.479 e. The number of rotatable bonds is 5. The highest BCUT2D eigenvalue weighted by atomic mass is 16.7. The summed E-state index contributed by atoms with van der Waals surface area (Å²) < 4.78 is 10.3. The van der Waals surface area contributed by atoms with Gasteiger partial charge in [-0.25, -0.2) is 4.79 Å². The first kappa shape index (κ1) is 16.8. The number of carboxylic acids is 1. The van der Waals surface area contributed by atoms with Crippen LogP contribution < -0.4 is 5.32 Å². The second-order valence-corrected chi connectivity index (χ2v) is 4.55. The molecule has 1 aliphatic heterocycles. The summed E-state index contributed by atoms with van der Waals surface area (Å²) in [5.74, 6) is -1.76. The molecule has 9 heteroatoms. The molecule has 20 heavy (non-hydrogen) atoms. The zero-order valence-corrected chi connectivity index (χ0v) is 11.1. The maximum absolute atomic E-state index is 11.1. The van der Waals surface area contributed by atoms with Crippen molar-refractivity contribution in [1.29, 1.82) is 0 Å². The number of carboxylic acid groups (broad SMARTS) is 1. The molecule has 0 spiro atoms. The van der Waals surface area contributed by atoms with Crippen molar-refractivity contribution in [1.82, 2.24) is 5.32 Å². The lowest BCUT2D eigenvalue weighted by molar-refractivity contribution is -0.279. The van der Waals surface area contributed by atoms with Gasteiger partial charge in [-0.3, -0.25) is 4.79 Å². The lowest BCUT2D eigenvalue weighted by Crippen LogP contribution is -2.65. The normalized spacial score (nSPS) is 35.4. The molecule has 0 saturated carbocycles. The van der Waals surface area contributed by atoms with Crippen LogP contribution in [-0.4, -0.2) is 75.7 Å². The average molecular weight is 293 g/mol. The van der Waals surface area contributed by atoms with Gasteiger partial charge in [-0.15, -0.1) is 0 Å². The summed E-state index contributed by atoms with van der Waals surface area (Å²) in [6.07, 6.45) is -6.59. The van der Waals surface area contributed by atoms with Crippen molar-refractivity contribution in [2.45, 2.75) is 50.6 Å². The zero-order valence-electron chi connectivity index (χ0n) is 11.1. The monoisotopic (exact) mass is 293 g/mol. The van der Waals surface area contributed by atoms with E-state index in [2.05, 4.69) is 5.32 Å². The summed E-state index contributed by atoms with van der Waals surface area (Å²) in [6.45, 7) is 1.85. The molecular formula is C11H19NO8. The standard InChI is InChI=1S/C11H19NO8/c1-4(10(17)18)19-11-7(12-5(2)14)9(16)8(15)6(3-13)20-11/h4,6-9,11,13,15-16H,3H2,1-2H3,(H,12,14)(H,17,18)/t4-,6?,7?,8+,9+,11+/m0/s1. The Labute approximate surface area is 115 Å². The highest BCUT2D eigenvalue weighted by Crippen LogP contribution is 2.23. The molecule has 1 saturated heterocycles. The van der Waals surface area contributed by atoms with Crippen LogP contribution in [-0.2, 0) is 19.1 Å². The molecule has 0 aromatic heterocycles. The molecule has 6 atom stereocenters. The van der Waals surface area contributed by atoms with Crippen LogP contribution in [0.4, 0.5) is 0 Å². The predicted octanol–water partition coefficient (Wildman–Crippen LogP) is -2.58. The molecule has 0 radical (unpaired) electrons. The number of carbonyl (C=O) groups is 2. The van der Waals surface area contributed by atoms with Crippen LogP contribution in [0.15, 0.2) is 0 Å². The van der Waals surface area contributed by atoms with E-state index in [0.29, 0.717) is 0 Å². The third-order valence-electron chi connectivity index (χ3n) is 2.94. The molecule has 1 rings (SSSR count). The zero-order chi connectivity index (χ0) is 15.4. The third-order valence-corrected chi connectivity index (χ3v) is 2.94. The fourth-order valence-corrected chi connectivity index (χ4v) is 1.85. The largest absolute Gasteiger partial charge is 0.479 e.